The van der Waals surface area contributed by atoms with Crippen LogP contribution >= 0.6 is 15.9 Å². The molecule has 2 atom stereocenters. The molecular weight excluding hydrogens is 289 g/mol. The zero-order chi connectivity index (χ0) is 13.3. The van der Waals surface area contributed by atoms with E-state index < -0.39 is 17.9 Å². The Hall–Kier alpha value is -0.320. The van der Waals surface area contributed by atoms with Gasteiger partial charge in [-0.25, -0.2) is 9.18 Å². The fraction of sp³-hybridized carbons (Fsp3) is 0.917. The van der Waals surface area contributed by atoms with E-state index in [2.05, 4.69) is 15.9 Å². The van der Waals surface area contributed by atoms with E-state index in [0.717, 1.165) is 0 Å². The Balaban J connectivity index is 2.58. The normalized spacial score (nSPS) is 30.2. The van der Waals surface area contributed by atoms with Gasteiger partial charge in [-0.05, 0) is 27.2 Å². The van der Waals surface area contributed by atoms with Gasteiger partial charge in [0.1, 0.15) is 11.8 Å². The highest BCUT2D eigenvalue weighted by molar-refractivity contribution is 9.09. The lowest BCUT2D eigenvalue weighted by Gasteiger charge is -2.41. The van der Waals surface area contributed by atoms with E-state index in [0.29, 0.717) is 18.3 Å². The minimum absolute atomic E-state index is 0.122. The van der Waals surface area contributed by atoms with Crippen molar-refractivity contribution in [1.82, 2.24) is 4.90 Å². The number of piperidine rings is 1. The number of carbonyl (C=O) groups is 1. The topological polar surface area (TPSA) is 29.5 Å². The lowest BCUT2D eigenvalue weighted by molar-refractivity contribution is -0.00802. The highest BCUT2D eigenvalue weighted by atomic mass is 79.9. The first-order valence-electron chi connectivity index (χ1n) is 5.86. The summed E-state index contributed by atoms with van der Waals surface area (Å²) in [4.78, 5) is 13.2. The Kier molecular flexibility index (Phi) is 4.44. The van der Waals surface area contributed by atoms with Crippen LogP contribution in [0.4, 0.5) is 9.18 Å². The number of likely N-dealkylation sites (tertiary alicyclic amines) is 1. The molecule has 0 aromatic carbocycles. The van der Waals surface area contributed by atoms with Gasteiger partial charge in [-0.1, -0.05) is 22.9 Å². The highest BCUT2D eigenvalue weighted by Gasteiger charge is 2.41. The Morgan fingerprint density at radius 3 is 2.59 bits per heavy atom. The van der Waals surface area contributed by atoms with Crippen LogP contribution in [0.2, 0.25) is 0 Å². The second-order valence-electron chi connectivity index (χ2n) is 5.93. The maximum Gasteiger partial charge on any atom is 0.410 e. The molecule has 1 fully saturated rings. The minimum Gasteiger partial charge on any atom is -0.444 e. The minimum atomic E-state index is -1.01. The fourth-order valence-electron chi connectivity index (χ4n) is 1.69. The van der Waals surface area contributed by atoms with Crippen molar-refractivity contribution in [3.63, 3.8) is 0 Å². The molecule has 0 aromatic rings. The van der Waals surface area contributed by atoms with Gasteiger partial charge in [0, 0.05) is 17.3 Å². The van der Waals surface area contributed by atoms with E-state index in [4.69, 9.17) is 4.74 Å². The summed E-state index contributed by atoms with van der Waals surface area (Å²) in [5.74, 6) is 0. The van der Waals surface area contributed by atoms with Crippen LogP contribution in [0.3, 0.4) is 0 Å². The van der Waals surface area contributed by atoms with Gasteiger partial charge in [-0.15, -0.1) is 0 Å². The Morgan fingerprint density at radius 1 is 1.59 bits per heavy atom. The molecule has 5 heteroatoms. The maximum atomic E-state index is 14.0. The quantitative estimate of drug-likeness (QED) is 0.695. The summed E-state index contributed by atoms with van der Waals surface area (Å²) in [6.45, 7) is 8.01. The van der Waals surface area contributed by atoms with Crippen molar-refractivity contribution < 1.29 is 13.9 Å². The molecule has 1 aliphatic rings. The van der Waals surface area contributed by atoms with Crippen LogP contribution in [0.5, 0.6) is 0 Å². The molecule has 1 rings (SSSR count). The van der Waals surface area contributed by atoms with Gasteiger partial charge in [0.25, 0.3) is 0 Å². The SMILES string of the molecule is CC(C)(C)OC(=O)N1CCC(C)(CBr)C(F)C1. The molecule has 17 heavy (non-hydrogen) atoms. The first-order valence-corrected chi connectivity index (χ1v) is 6.98. The molecule has 0 radical (unpaired) electrons. The summed E-state index contributed by atoms with van der Waals surface area (Å²) >= 11 is 3.34. The van der Waals surface area contributed by atoms with Crippen LogP contribution in [-0.2, 0) is 4.74 Å². The predicted molar refractivity (Wildman–Crippen MR) is 69.2 cm³/mol. The Morgan fingerprint density at radius 2 is 2.18 bits per heavy atom. The lowest BCUT2D eigenvalue weighted by atomic mass is 9.81. The summed E-state index contributed by atoms with van der Waals surface area (Å²) in [7, 11) is 0. The lowest BCUT2D eigenvalue weighted by Crippen LogP contribution is -2.51. The Bertz CT molecular complexity index is 293. The number of amides is 1. The molecule has 1 amide bonds. The first-order chi connectivity index (χ1) is 7.68. The van der Waals surface area contributed by atoms with Gasteiger partial charge >= 0.3 is 6.09 Å². The Labute approximate surface area is 111 Å². The van der Waals surface area contributed by atoms with Gasteiger partial charge in [0.15, 0.2) is 0 Å². The van der Waals surface area contributed by atoms with Crippen LogP contribution in [0, 0.1) is 5.41 Å². The zero-order valence-electron chi connectivity index (χ0n) is 10.9. The third-order valence-electron chi connectivity index (χ3n) is 3.05. The van der Waals surface area contributed by atoms with Crippen LogP contribution in [0.15, 0.2) is 0 Å². The summed E-state index contributed by atoms with van der Waals surface area (Å²) in [5, 5.41) is 0.614. The standard InChI is InChI=1S/C12H21BrFNO2/c1-11(2,3)17-10(16)15-6-5-12(4,8-13)9(14)7-15/h9H,5-8H2,1-4H3. The van der Waals surface area contributed by atoms with E-state index in [1.165, 1.54) is 4.90 Å². The van der Waals surface area contributed by atoms with Gasteiger partial charge in [-0.3, -0.25) is 0 Å². The van der Waals surface area contributed by atoms with E-state index in [1.54, 1.807) is 0 Å². The second kappa shape index (κ2) is 5.12. The molecule has 3 nitrogen and oxygen atoms in total. The number of hydrogen-bond acceptors (Lipinski definition) is 2. The summed E-state index contributed by atoms with van der Waals surface area (Å²) in [5.41, 5.74) is -0.905. The van der Waals surface area contributed by atoms with Gasteiger partial charge in [0.05, 0.1) is 6.54 Å². The molecular formula is C12H21BrFNO2. The van der Waals surface area contributed by atoms with Crippen molar-refractivity contribution in [3.05, 3.63) is 0 Å². The van der Waals surface area contributed by atoms with Crippen LogP contribution < -0.4 is 0 Å². The van der Waals surface area contributed by atoms with Gasteiger partial charge in [0.2, 0.25) is 0 Å². The fourth-order valence-corrected chi connectivity index (χ4v) is 2.33. The highest BCUT2D eigenvalue weighted by Crippen LogP contribution is 2.35. The number of hydrogen-bond donors (Lipinski definition) is 0. The molecule has 0 aromatic heterocycles. The molecule has 0 spiro atoms. The molecule has 0 bridgehead atoms. The number of halogens is 2. The molecule has 100 valence electrons. The summed E-state index contributed by atoms with van der Waals surface area (Å²) in [6.07, 6.45) is -0.779. The average Bonchev–Trinajstić information content (AvgIpc) is 2.19. The van der Waals surface area contributed by atoms with E-state index in [9.17, 15) is 9.18 Å². The molecule has 0 aliphatic carbocycles. The monoisotopic (exact) mass is 309 g/mol. The molecule has 0 saturated carbocycles. The summed E-state index contributed by atoms with van der Waals surface area (Å²) < 4.78 is 19.2. The number of rotatable bonds is 1. The maximum absolute atomic E-state index is 14.0. The average molecular weight is 310 g/mol. The number of nitrogens with zero attached hydrogens (tertiary/aromatic N) is 1. The third kappa shape index (κ3) is 3.83. The largest absolute Gasteiger partial charge is 0.444 e. The van der Waals surface area contributed by atoms with Crippen molar-refractivity contribution in [2.24, 2.45) is 5.41 Å². The smallest absolute Gasteiger partial charge is 0.410 e. The van der Waals surface area contributed by atoms with Crippen molar-refractivity contribution in [1.29, 1.82) is 0 Å². The van der Waals surface area contributed by atoms with Crippen LogP contribution in [-0.4, -0.2) is 41.2 Å². The molecule has 1 heterocycles. The molecule has 1 aliphatic heterocycles. The molecule has 0 N–H and O–H groups in total. The number of ether oxygens (including phenoxy) is 1. The molecule has 2 unspecified atom stereocenters. The van der Waals surface area contributed by atoms with E-state index in [1.807, 2.05) is 27.7 Å². The van der Waals surface area contributed by atoms with Crippen molar-refractivity contribution in [3.8, 4) is 0 Å². The summed E-state index contributed by atoms with van der Waals surface area (Å²) in [6, 6.07) is 0. The van der Waals surface area contributed by atoms with E-state index >= 15 is 0 Å². The van der Waals surface area contributed by atoms with Gasteiger partial charge in [-0.2, -0.15) is 0 Å². The predicted octanol–water partition coefficient (Wildman–Crippen LogP) is 3.37. The van der Waals surface area contributed by atoms with Crippen molar-refractivity contribution in [2.45, 2.75) is 45.9 Å². The van der Waals surface area contributed by atoms with Crippen molar-refractivity contribution in [2.75, 3.05) is 18.4 Å². The zero-order valence-corrected chi connectivity index (χ0v) is 12.5. The van der Waals surface area contributed by atoms with E-state index in [-0.39, 0.29) is 12.0 Å². The number of carbonyl (C=O) groups excluding carboxylic acids is 1. The van der Waals surface area contributed by atoms with Crippen molar-refractivity contribution >= 4 is 22.0 Å². The molecule has 1 saturated heterocycles. The first kappa shape index (κ1) is 14.7. The third-order valence-corrected chi connectivity index (χ3v) is 4.33. The number of alkyl halides is 2. The second-order valence-corrected chi connectivity index (χ2v) is 6.49. The van der Waals surface area contributed by atoms with Crippen LogP contribution in [0.25, 0.3) is 0 Å². The van der Waals surface area contributed by atoms with Gasteiger partial charge < -0.3 is 9.64 Å². The van der Waals surface area contributed by atoms with Crippen LogP contribution in [0.1, 0.15) is 34.1 Å².